The third-order valence-electron chi connectivity index (χ3n) is 3.47. The van der Waals surface area contributed by atoms with Crippen molar-refractivity contribution < 1.29 is 23.0 Å². The van der Waals surface area contributed by atoms with Crippen LogP contribution in [0.2, 0.25) is 0 Å². The second-order valence-electron chi connectivity index (χ2n) is 5.43. The van der Waals surface area contributed by atoms with Crippen LogP contribution in [0, 0.1) is 5.41 Å². The Hall–Kier alpha value is -1.85. The SMILES string of the molecule is COc1cccc(C(=O)N[C@H]2CC2(C)C)c1OC(F)F. The lowest BCUT2D eigenvalue weighted by Gasteiger charge is -2.14. The predicted molar refractivity (Wildman–Crippen MR) is 69.3 cm³/mol. The van der Waals surface area contributed by atoms with Crippen molar-refractivity contribution in [1.82, 2.24) is 5.32 Å². The first-order valence-electron chi connectivity index (χ1n) is 6.28. The minimum atomic E-state index is -3.02. The van der Waals surface area contributed by atoms with E-state index in [1.165, 1.54) is 19.2 Å². The molecule has 4 nitrogen and oxygen atoms in total. The van der Waals surface area contributed by atoms with E-state index >= 15 is 0 Å². The first kappa shape index (κ1) is 14.6. The largest absolute Gasteiger partial charge is 0.493 e. The lowest BCUT2D eigenvalue weighted by molar-refractivity contribution is -0.0515. The van der Waals surface area contributed by atoms with Crippen molar-refractivity contribution in [2.45, 2.75) is 32.9 Å². The minimum absolute atomic E-state index is 0.0485. The highest BCUT2D eigenvalue weighted by Gasteiger charge is 2.46. The van der Waals surface area contributed by atoms with E-state index in [0.29, 0.717) is 0 Å². The average Bonchev–Trinajstić information content (AvgIpc) is 2.95. The van der Waals surface area contributed by atoms with Crippen molar-refractivity contribution in [3.8, 4) is 11.5 Å². The van der Waals surface area contributed by atoms with Crippen LogP contribution in [-0.2, 0) is 0 Å². The van der Waals surface area contributed by atoms with Crippen molar-refractivity contribution in [3.63, 3.8) is 0 Å². The van der Waals surface area contributed by atoms with Crippen LogP contribution in [0.4, 0.5) is 8.78 Å². The Kier molecular flexibility index (Phi) is 3.83. The van der Waals surface area contributed by atoms with Gasteiger partial charge < -0.3 is 14.8 Å². The van der Waals surface area contributed by atoms with Gasteiger partial charge >= 0.3 is 6.61 Å². The molecule has 0 bridgehead atoms. The van der Waals surface area contributed by atoms with Gasteiger partial charge in [-0.05, 0) is 24.0 Å². The second kappa shape index (κ2) is 5.26. The normalized spacial score (nSPS) is 19.6. The van der Waals surface area contributed by atoms with Crippen LogP contribution in [0.15, 0.2) is 18.2 Å². The Balaban J connectivity index is 2.23. The summed E-state index contributed by atoms with van der Waals surface area (Å²) in [6, 6.07) is 4.52. The van der Waals surface area contributed by atoms with Crippen molar-refractivity contribution in [1.29, 1.82) is 0 Å². The number of para-hydroxylation sites is 1. The summed E-state index contributed by atoms with van der Waals surface area (Å²) in [5.74, 6) is -0.566. The maximum Gasteiger partial charge on any atom is 0.387 e. The fraction of sp³-hybridized carbons (Fsp3) is 0.500. The molecular formula is C14H17F2NO3. The number of amides is 1. The van der Waals surface area contributed by atoms with Gasteiger partial charge in [0.05, 0.1) is 12.7 Å². The Labute approximate surface area is 116 Å². The number of alkyl halides is 2. The van der Waals surface area contributed by atoms with Gasteiger partial charge in [-0.25, -0.2) is 0 Å². The summed E-state index contributed by atoms with van der Waals surface area (Å²) in [7, 11) is 1.33. The van der Waals surface area contributed by atoms with E-state index in [1.54, 1.807) is 6.07 Å². The van der Waals surface area contributed by atoms with Crippen LogP contribution in [0.3, 0.4) is 0 Å². The minimum Gasteiger partial charge on any atom is -0.493 e. The molecule has 20 heavy (non-hydrogen) atoms. The van der Waals surface area contributed by atoms with Crippen LogP contribution in [-0.4, -0.2) is 25.7 Å². The Bertz CT molecular complexity index is 517. The van der Waals surface area contributed by atoms with Gasteiger partial charge in [0.2, 0.25) is 0 Å². The first-order chi connectivity index (χ1) is 9.35. The molecule has 1 aliphatic carbocycles. The smallest absolute Gasteiger partial charge is 0.387 e. The number of benzene rings is 1. The van der Waals surface area contributed by atoms with Gasteiger partial charge in [-0.2, -0.15) is 8.78 Å². The monoisotopic (exact) mass is 285 g/mol. The summed E-state index contributed by atoms with van der Waals surface area (Å²) in [4.78, 5) is 12.2. The quantitative estimate of drug-likeness (QED) is 0.905. The second-order valence-corrected chi connectivity index (χ2v) is 5.43. The maximum absolute atomic E-state index is 12.5. The van der Waals surface area contributed by atoms with Crippen molar-refractivity contribution in [2.75, 3.05) is 7.11 Å². The van der Waals surface area contributed by atoms with Crippen LogP contribution < -0.4 is 14.8 Å². The summed E-state index contributed by atoms with van der Waals surface area (Å²) >= 11 is 0. The fourth-order valence-corrected chi connectivity index (χ4v) is 2.02. The molecule has 0 radical (unpaired) electrons. The van der Waals surface area contributed by atoms with Gasteiger partial charge in [-0.3, -0.25) is 4.79 Å². The number of carbonyl (C=O) groups excluding carboxylic acids is 1. The number of carbonyl (C=O) groups is 1. The standard InChI is InChI=1S/C14H17F2NO3/c1-14(2)7-10(14)17-12(18)8-5-4-6-9(19-3)11(8)20-13(15)16/h4-6,10,13H,7H2,1-3H3,(H,17,18)/t10-/m0/s1. The van der Waals surface area contributed by atoms with Gasteiger partial charge in [-0.15, -0.1) is 0 Å². The van der Waals surface area contributed by atoms with Gasteiger partial charge in [0.1, 0.15) is 0 Å². The van der Waals surface area contributed by atoms with E-state index in [-0.39, 0.29) is 28.5 Å². The molecule has 1 amide bonds. The van der Waals surface area contributed by atoms with Crippen molar-refractivity contribution in [2.24, 2.45) is 5.41 Å². The highest BCUT2D eigenvalue weighted by molar-refractivity contribution is 5.98. The lowest BCUT2D eigenvalue weighted by Crippen LogP contribution is -2.29. The van der Waals surface area contributed by atoms with E-state index < -0.39 is 12.5 Å². The molecule has 110 valence electrons. The van der Waals surface area contributed by atoms with Crippen LogP contribution in [0.5, 0.6) is 11.5 Å². The molecule has 0 heterocycles. The average molecular weight is 285 g/mol. The van der Waals surface area contributed by atoms with Gasteiger partial charge in [-0.1, -0.05) is 19.9 Å². The Morgan fingerprint density at radius 3 is 2.60 bits per heavy atom. The molecule has 1 aliphatic rings. The molecule has 0 spiro atoms. The van der Waals surface area contributed by atoms with Crippen LogP contribution >= 0.6 is 0 Å². The summed E-state index contributed by atoms with van der Waals surface area (Å²) in [6.45, 7) is 1.04. The zero-order chi connectivity index (χ0) is 14.9. The maximum atomic E-state index is 12.5. The van der Waals surface area contributed by atoms with E-state index in [0.717, 1.165) is 6.42 Å². The Morgan fingerprint density at radius 1 is 1.45 bits per heavy atom. The molecule has 1 fully saturated rings. The van der Waals surface area contributed by atoms with E-state index in [4.69, 9.17) is 4.74 Å². The number of hydrogen-bond acceptors (Lipinski definition) is 3. The molecule has 1 atom stereocenters. The number of hydrogen-bond donors (Lipinski definition) is 1. The Morgan fingerprint density at radius 2 is 2.10 bits per heavy atom. The summed E-state index contributed by atoms with van der Waals surface area (Å²) in [6.07, 6.45) is 0.869. The molecule has 1 aromatic rings. The van der Waals surface area contributed by atoms with Crippen molar-refractivity contribution >= 4 is 5.91 Å². The molecule has 2 rings (SSSR count). The van der Waals surface area contributed by atoms with Gasteiger partial charge in [0.15, 0.2) is 11.5 Å². The zero-order valence-corrected chi connectivity index (χ0v) is 11.6. The third kappa shape index (κ3) is 3.00. The number of halogens is 2. The fourth-order valence-electron chi connectivity index (χ4n) is 2.02. The molecular weight excluding hydrogens is 268 g/mol. The van der Waals surface area contributed by atoms with Crippen LogP contribution in [0.25, 0.3) is 0 Å². The van der Waals surface area contributed by atoms with Crippen molar-refractivity contribution in [3.05, 3.63) is 23.8 Å². The van der Waals surface area contributed by atoms with Crippen LogP contribution in [0.1, 0.15) is 30.6 Å². The molecule has 6 heteroatoms. The van der Waals surface area contributed by atoms with E-state index in [1.807, 2.05) is 13.8 Å². The summed E-state index contributed by atoms with van der Waals surface area (Å²) in [5, 5.41) is 2.81. The molecule has 1 aromatic carbocycles. The van der Waals surface area contributed by atoms with E-state index in [2.05, 4.69) is 10.1 Å². The number of nitrogens with one attached hydrogen (secondary N) is 1. The highest BCUT2D eigenvalue weighted by Crippen LogP contribution is 2.45. The topological polar surface area (TPSA) is 47.6 Å². The molecule has 0 unspecified atom stereocenters. The van der Waals surface area contributed by atoms with E-state index in [9.17, 15) is 13.6 Å². The molecule has 0 aliphatic heterocycles. The lowest BCUT2D eigenvalue weighted by atomic mass is 10.1. The van der Waals surface area contributed by atoms with Gasteiger partial charge in [0.25, 0.3) is 5.91 Å². The molecule has 0 aromatic heterocycles. The zero-order valence-electron chi connectivity index (χ0n) is 11.6. The number of rotatable bonds is 5. The third-order valence-corrected chi connectivity index (χ3v) is 3.47. The summed E-state index contributed by atoms with van der Waals surface area (Å²) < 4.78 is 34.3. The summed E-state index contributed by atoms with van der Waals surface area (Å²) in [5.41, 5.74) is 0.102. The molecule has 1 N–H and O–H groups in total. The first-order valence-corrected chi connectivity index (χ1v) is 6.28. The highest BCUT2D eigenvalue weighted by atomic mass is 19.3. The van der Waals surface area contributed by atoms with Gasteiger partial charge in [0, 0.05) is 6.04 Å². The number of methoxy groups -OCH3 is 1. The number of ether oxygens (including phenoxy) is 2. The molecule has 1 saturated carbocycles. The predicted octanol–water partition coefficient (Wildman–Crippen LogP) is 2.82. The molecule has 0 saturated heterocycles.